The van der Waals surface area contributed by atoms with Gasteiger partial charge in [-0.2, -0.15) is 0 Å². The van der Waals surface area contributed by atoms with Crippen LogP contribution in [0.5, 0.6) is 0 Å². The number of hydrogen-bond acceptors (Lipinski definition) is 2. The summed E-state index contributed by atoms with van der Waals surface area (Å²) in [5.41, 5.74) is 2.33. The zero-order valence-electron chi connectivity index (χ0n) is 12.2. The van der Waals surface area contributed by atoms with Gasteiger partial charge >= 0.3 is 0 Å². The van der Waals surface area contributed by atoms with E-state index in [0.29, 0.717) is 17.0 Å². The van der Waals surface area contributed by atoms with Gasteiger partial charge in [0.25, 0.3) is 0 Å². The van der Waals surface area contributed by atoms with Crippen molar-refractivity contribution in [3.63, 3.8) is 0 Å². The van der Waals surface area contributed by atoms with Crippen molar-refractivity contribution in [3.05, 3.63) is 77.6 Å². The number of carbonyl (C=O) groups excluding carboxylic acids is 1. The van der Waals surface area contributed by atoms with Crippen molar-refractivity contribution in [3.8, 4) is 0 Å². The Balaban J connectivity index is 2.02. The van der Waals surface area contributed by atoms with Gasteiger partial charge in [0.2, 0.25) is 5.91 Å². The number of rotatable bonds is 1. The Morgan fingerprint density at radius 1 is 0.913 bits per heavy atom. The number of nitrogens with one attached hydrogen (secondary N) is 1. The number of aliphatic imine (C=N–C) groups is 1. The number of anilines is 1. The van der Waals surface area contributed by atoms with Crippen molar-refractivity contribution in [1.82, 2.24) is 0 Å². The number of hydrogen-bond donors (Lipinski definition) is 1. The van der Waals surface area contributed by atoms with Crippen molar-refractivity contribution in [2.75, 3.05) is 11.9 Å². The molecule has 4 heteroatoms. The van der Waals surface area contributed by atoms with Gasteiger partial charge in [-0.1, -0.05) is 48.5 Å². The van der Waals surface area contributed by atoms with Crippen molar-refractivity contribution < 1.29 is 9.18 Å². The summed E-state index contributed by atoms with van der Waals surface area (Å²) >= 11 is 0. The fraction of sp³-hybridized carbons (Fsp3) is 0.0526. The minimum atomic E-state index is -0.347. The van der Waals surface area contributed by atoms with Crippen molar-refractivity contribution in [2.24, 2.45) is 4.99 Å². The normalized spacial score (nSPS) is 14.0. The zero-order valence-corrected chi connectivity index (χ0v) is 12.2. The van der Waals surface area contributed by atoms with E-state index in [9.17, 15) is 9.18 Å². The van der Waals surface area contributed by atoms with Crippen molar-refractivity contribution in [2.45, 2.75) is 0 Å². The standard InChI is InChI=1S/C19H13FN2O/c20-16-8-4-3-7-14(16)18-15-10-9-12-5-1-2-6-13(12)19(15)22-17(23)11-21-18/h1-10H,11H2,(H,22,23). The molecule has 0 atom stereocenters. The fourth-order valence-electron chi connectivity index (χ4n) is 2.90. The molecular formula is C19H13FN2O. The average Bonchev–Trinajstić information content (AvgIpc) is 2.74. The molecule has 0 fully saturated rings. The van der Waals surface area contributed by atoms with Gasteiger partial charge in [0.1, 0.15) is 12.4 Å². The summed E-state index contributed by atoms with van der Waals surface area (Å²) in [6, 6.07) is 18.1. The molecule has 0 aromatic heterocycles. The highest BCUT2D eigenvalue weighted by Crippen LogP contribution is 2.31. The predicted molar refractivity (Wildman–Crippen MR) is 89.5 cm³/mol. The number of nitrogens with zero attached hydrogens (tertiary/aromatic N) is 1. The van der Waals surface area contributed by atoms with Crippen LogP contribution in [-0.4, -0.2) is 18.2 Å². The van der Waals surface area contributed by atoms with Crippen LogP contribution in [0.3, 0.4) is 0 Å². The van der Waals surface area contributed by atoms with Crippen molar-refractivity contribution in [1.29, 1.82) is 0 Å². The molecule has 0 bridgehead atoms. The SMILES string of the molecule is O=C1CN=C(c2ccccc2F)c2ccc3ccccc3c2N1. The monoisotopic (exact) mass is 304 g/mol. The van der Waals surface area contributed by atoms with Crippen molar-refractivity contribution >= 4 is 28.1 Å². The van der Waals surface area contributed by atoms with E-state index in [0.717, 1.165) is 16.3 Å². The summed E-state index contributed by atoms with van der Waals surface area (Å²) in [5, 5.41) is 4.84. The molecule has 0 spiro atoms. The van der Waals surface area contributed by atoms with Gasteiger partial charge in [-0.3, -0.25) is 9.79 Å². The Morgan fingerprint density at radius 3 is 2.57 bits per heavy atom. The molecule has 0 saturated heterocycles. The number of benzene rings is 3. The van der Waals surface area contributed by atoms with Crippen LogP contribution in [0.25, 0.3) is 10.8 Å². The van der Waals surface area contributed by atoms with E-state index < -0.39 is 0 Å². The van der Waals surface area contributed by atoms with Gasteiger partial charge in [-0.25, -0.2) is 4.39 Å². The third-order valence-electron chi connectivity index (χ3n) is 3.96. The van der Waals surface area contributed by atoms with Gasteiger partial charge in [0.15, 0.2) is 0 Å². The lowest BCUT2D eigenvalue weighted by atomic mass is 9.96. The van der Waals surface area contributed by atoms with E-state index in [2.05, 4.69) is 10.3 Å². The molecular weight excluding hydrogens is 291 g/mol. The Morgan fingerprint density at radius 2 is 1.70 bits per heavy atom. The van der Waals surface area contributed by atoms with Crippen LogP contribution in [0.2, 0.25) is 0 Å². The highest BCUT2D eigenvalue weighted by atomic mass is 19.1. The van der Waals surface area contributed by atoms with Gasteiger partial charge < -0.3 is 5.32 Å². The Bertz CT molecular complexity index is 962. The molecule has 0 saturated carbocycles. The molecule has 3 nitrogen and oxygen atoms in total. The molecule has 3 aromatic rings. The third-order valence-corrected chi connectivity index (χ3v) is 3.96. The Hall–Kier alpha value is -3.01. The Kier molecular flexibility index (Phi) is 3.15. The first kappa shape index (κ1) is 13.6. The highest BCUT2D eigenvalue weighted by Gasteiger charge is 2.21. The minimum Gasteiger partial charge on any atom is -0.323 e. The average molecular weight is 304 g/mol. The number of amides is 1. The molecule has 23 heavy (non-hydrogen) atoms. The van der Waals surface area contributed by atoms with Gasteiger partial charge in [0.05, 0.1) is 11.4 Å². The maximum absolute atomic E-state index is 14.2. The van der Waals surface area contributed by atoms with Crippen LogP contribution in [0, 0.1) is 5.82 Å². The van der Waals surface area contributed by atoms with E-state index in [1.54, 1.807) is 18.2 Å². The summed E-state index contributed by atoms with van der Waals surface area (Å²) in [5.74, 6) is -0.548. The summed E-state index contributed by atoms with van der Waals surface area (Å²) in [6.45, 7) is -0.0212. The molecule has 3 aromatic carbocycles. The molecule has 112 valence electrons. The topological polar surface area (TPSA) is 41.5 Å². The van der Waals surface area contributed by atoms with E-state index in [-0.39, 0.29) is 18.3 Å². The lowest BCUT2D eigenvalue weighted by Crippen LogP contribution is -2.13. The second-order valence-corrected chi connectivity index (χ2v) is 5.40. The summed E-state index contributed by atoms with van der Waals surface area (Å²) in [6.07, 6.45) is 0. The maximum Gasteiger partial charge on any atom is 0.246 e. The molecule has 1 aliphatic rings. The summed E-state index contributed by atoms with van der Waals surface area (Å²) in [7, 11) is 0. The Labute approximate surface area is 132 Å². The fourth-order valence-corrected chi connectivity index (χ4v) is 2.90. The summed E-state index contributed by atoms with van der Waals surface area (Å²) in [4.78, 5) is 16.4. The second kappa shape index (κ2) is 5.32. The first-order valence-corrected chi connectivity index (χ1v) is 7.35. The quantitative estimate of drug-likeness (QED) is 0.730. The molecule has 0 radical (unpaired) electrons. The molecule has 1 heterocycles. The molecule has 0 unspecified atom stereocenters. The van der Waals surface area contributed by atoms with Crippen LogP contribution in [-0.2, 0) is 4.79 Å². The highest BCUT2D eigenvalue weighted by molar-refractivity contribution is 6.23. The predicted octanol–water partition coefficient (Wildman–Crippen LogP) is 3.77. The van der Waals surface area contributed by atoms with Crippen LogP contribution >= 0.6 is 0 Å². The molecule has 1 amide bonds. The second-order valence-electron chi connectivity index (χ2n) is 5.40. The minimum absolute atomic E-state index is 0.0212. The van der Waals surface area contributed by atoms with Crippen LogP contribution in [0.15, 0.2) is 65.7 Å². The van der Waals surface area contributed by atoms with Crippen LogP contribution in [0.1, 0.15) is 11.1 Å². The first-order chi connectivity index (χ1) is 11.2. The number of carbonyl (C=O) groups is 1. The summed E-state index contributed by atoms with van der Waals surface area (Å²) < 4.78 is 14.2. The van der Waals surface area contributed by atoms with Gasteiger partial charge in [-0.05, 0) is 17.5 Å². The van der Waals surface area contributed by atoms with E-state index in [1.807, 2.05) is 36.4 Å². The number of halogens is 1. The third kappa shape index (κ3) is 2.28. The maximum atomic E-state index is 14.2. The zero-order chi connectivity index (χ0) is 15.8. The number of fused-ring (bicyclic) bond motifs is 3. The molecule has 4 rings (SSSR count). The molecule has 1 N–H and O–H groups in total. The van der Waals surface area contributed by atoms with E-state index >= 15 is 0 Å². The molecule has 1 aliphatic heterocycles. The van der Waals surface area contributed by atoms with E-state index in [1.165, 1.54) is 6.07 Å². The van der Waals surface area contributed by atoms with Gasteiger partial charge in [0, 0.05) is 16.5 Å². The largest absolute Gasteiger partial charge is 0.323 e. The molecule has 0 aliphatic carbocycles. The van der Waals surface area contributed by atoms with Crippen LogP contribution < -0.4 is 5.32 Å². The van der Waals surface area contributed by atoms with E-state index in [4.69, 9.17) is 0 Å². The first-order valence-electron chi connectivity index (χ1n) is 7.35. The lowest BCUT2D eigenvalue weighted by molar-refractivity contribution is -0.114. The smallest absolute Gasteiger partial charge is 0.246 e. The van der Waals surface area contributed by atoms with Crippen LogP contribution in [0.4, 0.5) is 10.1 Å². The lowest BCUT2D eigenvalue weighted by Gasteiger charge is -2.13. The van der Waals surface area contributed by atoms with Gasteiger partial charge in [-0.15, -0.1) is 0 Å².